The van der Waals surface area contributed by atoms with Gasteiger partial charge in [-0.15, -0.1) is 11.3 Å². The molecule has 9 aromatic carbocycles. The highest BCUT2D eigenvalue weighted by atomic mass is 32.1. The van der Waals surface area contributed by atoms with Crippen LogP contribution in [-0.2, 0) is 10.8 Å². The van der Waals surface area contributed by atoms with Crippen LogP contribution >= 0.6 is 11.3 Å². The highest BCUT2D eigenvalue weighted by Crippen LogP contribution is 2.57. The summed E-state index contributed by atoms with van der Waals surface area (Å²) in [6, 6.07) is 79.2. The molecule has 0 N–H and O–H groups in total. The molecule has 2 aliphatic rings. The smallest absolute Gasteiger partial charge is 0.0713 e. The molecule has 0 radical (unpaired) electrons. The number of anilines is 3. The molecular weight excluding hydrogens is 743 g/mol. The van der Waals surface area contributed by atoms with Crippen molar-refractivity contribution in [1.29, 1.82) is 0 Å². The summed E-state index contributed by atoms with van der Waals surface area (Å²) in [6.07, 6.45) is 0. The summed E-state index contributed by atoms with van der Waals surface area (Å²) in [5, 5.41) is 2.55. The molecule has 0 fully saturated rings. The van der Waals surface area contributed by atoms with Gasteiger partial charge in [-0.05, 0) is 115 Å². The van der Waals surface area contributed by atoms with Crippen LogP contribution in [-0.4, -0.2) is 0 Å². The van der Waals surface area contributed by atoms with E-state index in [4.69, 9.17) is 0 Å². The second-order valence-corrected chi connectivity index (χ2v) is 17.9. The molecule has 0 saturated heterocycles. The van der Waals surface area contributed by atoms with Crippen molar-refractivity contribution in [2.75, 3.05) is 4.90 Å². The van der Waals surface area contributed by atoms with Gasteiger partial charge in [0.1, 0.15) is 0 Å². The Balaban J connectivity index is 1.11. The zero-order chi connectivity index (χ0) is 40.0. The van der Waals surface area contributed by atoms with Gasteiger partial charge in [0.15, 0.2) is 0 Å². The van der Waals surface area contributed by atoms with E-state index >= 15 is 0 Å². The van der Waals surface area contributed by atoms with Gasteiger partial charge in [-0.25, -0.2) is 0 Å². The lowest BCUT2D eigenvalue weighted by atomic mass is 9.67. The fourth-order valence-electron chi connectivity index (χ4n) is 10.6. The average Bonchev–Trinajstić information content (AvgIpc) is 3.91. The van der Waals surface area contributed by atoms with E-state index < -0.39 is 5.41 Å². The summed E-state index contributed by atoms with van der Waals surface area (Å²) >= 11 is 1.89. The minimum atomic E-state index is -0.473. The summed E-state index contributed by atoms with van der Waals surface area (Å²) < 4.78 is 2.56. The summed E-state index contributed by atoms with van der Waals surface area (Å²) in [7, 11) is 0. The van der Waals surface area contributed by atoms with E-state index in [9.17, 15) is 0 Å². The summed E-state index contributed by atoms with van der Waals surface area (Å²) in [5.41, 5.74) is 18.5. The molecule has 2 aliphatic carbocycles. The standard InChI is InChI=1S/C58H41NS/c1-57(2)49-23-12-9-20-44(49)47-34-33-43(37-52(47)57)59(42-31-28-39(29-32-42)38-16-5-3-6-17-38)53-26-15-27-55-56(53)48-36-41(30-35-54(48)60-55)58(40-18-7-4-8-19-40)50-24-13-10-21-45(50)46-22-11-14-25-51(46)58/h3-37H,1-2H3. The van der Waals surface area contributed by atoms with Crippen molar-refractivity contribution in [1.82, 2.24) is 0 Å². The van der Waals surface area contributed by atoms with Crippen molar-refractivity contribution in [3.63, 3.8) is 0 Å². The van der Waals surface area contributed by atoms with Crippen molar-refractivity contribution in [2.45, 2.75) is 24.7 Å². The van der Waals surface area contributed by atoms with Gasteiger partial charge >= 0.3 is 0 Å². The molecule has 12 rings (SSSR count). The monoisotopic (exact) mass is 783 g/mol. The molecular formula is C58H41NS. The van der Waals surface area contributed by atoms with Gasteiger partial charge in [0.25, 0.3) is 0 Å². The maximum absolute atomic E-state index is 2.52. The predicted molar refractivity (Wildman–Crippen MR) is 254 cm³/mol. The molecule has 2 heteroatoms. The SMILES string of the molecule is CC1(C)c2ccccc2-c2ccc(N(c3ccc(-c4ccccc4)cc3)c3cccc4sc5ccc(C6(c7ccccc7)c7ccccc7-c7ccccc76)cc5c34)cc21. The lowest BCUT2D eigenvalue weighted by Gasteiger charge is -2.34. The van der Waals surface area contributed by atoms with Gasteiger partial charge in [0, 0.05) is 37.0 Å². The molecule has 0 spiro atoms. The van der Waals surface area contributed by atoms with Gasteiger partial charge in [0.05, 0.1) is 11.1 Å². The van der Waals surface area contributed by atoms with E-state index in [1.165, 1.54) is 92.6 Å². The lowest BCUT2D eigenvalue weighted by Crippen LogP contribution is -2.28. The molecule has 0 atom stereocenters. The van der Waals surface area contributed by atoms with E-state index in [2.05, 4.69) is 231 Å². The molecule has 284 valence electrons. The first-order valence-electron chi connectivity index (χ1n) is 20.9. The molecule has 10 aromatic rings. The molecule has 0 bridgehead atoms. The zero-order valence-corrected chi connectivity index (χ0v) is 34.4. The maximum atomic E-state index is 2.52. The number of hydrogen-bond donors (Lipinski definition) is 0. The second kappa shape index (κ2) is 13.3. The van der Waals surface area contributed by atoms with Crippen LogP contribution in [0.15, 0.2) is 212 Å². The van der Waals surface area contributed by atoms with Crippen LogP contribution in [0.5, 0.6) is 0 Å². The molecule has 0 amide bonds. The summed E-state index contributed by atoms with van der Waals surface area (Å²) in [6.45, 7) is 4.74. The predicted octanol–water partition coefficient (Wildman–Crippen LogP) is 15.9. The Labute approximate surface area is 355 Å². The maximum Gasteiger partial charge on any atom is 0.0713 e. The van der Waals surface area contributed by atoms with Crippen molar-refractivity contribution >= 4 is 48.6 Å². The van der Waals surface area contributed by atoms with Gasteiger partial charge in [-0.1, -0.05) is 178 Å². The molecule has 1 nitrogen and oxygen atoms in total. The Morgan fingerprint density at radius 1 is 0.383 bits per heavy atom. The highest BCUT2D eigenvalue weighted by molar-refractivity contribution is 7.26. The number of nitrogens with zero attached hydrogens (tertiary/aromatic N) is 1. The second-order valence-electron chi connectivity index (χ2n) is 16.8. The van der Waals surface area contributed by atoms with E-state index in [-0.39, 0.29) is 5.41 Å². The fourth-order valence-corrected chi connectivity index (χ4v) is 11.7. The number of benzene rings is 9. The number of rotatable bonds is 6. The Bertz CT molecular complexity index is 3240. The van der Waals surface area contributed by atoms with Crippen LogP contribution in [0.2, 0.25) is 0 Å². The molecule has 1 aromatic heterocycles. The molecule has 0 unspecified atom stereocenters. The third kappa shape index (κ3) is 4.98. The van der Waals surface area contributed by atoms with Crippen LogP contribution in [0.3, 0.4) is 0 Å². The van der Waals surface area contributed by atoms with Crippen molar-refractivity contribution in [3.8, 4) is 33.4 Å². The highest BCUT2D eigenvalue weighted by Gasteiger charge is 2.46. The largest absolute Gasteiger partial charge is 0.310 e. The first-order chi connectivity index (χ1) is 29.5. The third-order valence-corrected chi connectivity index (χ3v) is 14.5. The topological polar surface area (TPSA) is 3.24 Å². The Morgan fingerprint density at radius 2 is 0.950 bits per heavy atom. The van der Waals surface area contributed by atoms with Crippen molar-refractivity contribution < 1.29 is 0 Å². The van der Waals surface area contributed by atoms with Gasteiger partial charge < -0.3 is 4.90 Å². The van der Waals surface area contributed by atoms with Gasteiger partial charge in [-0.2, -0.15) is 0 Å². The van der Waals surface area contributed by atoms with E-state index in [1.807, 2.05) is 11.3 Å². The fraction of sp³-hybridized carbons (Fsp3) is 0.0690. The van der Waals surface area contributed by atoms with Crippen LogP contribution in [0.4, 0.5) is 17.1 Å². The summed E-state index contributed by atoms with van der Waals surface area (Å²) in [5.74, 6) is 0. The minimum absolute atomic E-state index is 0.125. The van der Waals surface area contributed by atoms with Gasteiger partial charge in [-0.3, -0.25) is 0 Å². The van der Waals surface area contributed by atoms with Crippen molar-refractivity contribution in [3.05, 3.63) is 246 Å². The van der Waals surface area contributed by atoms with E-state index in [1.54, 1.807) is 0 Å². The average molecular weight is 784 g/mol. The lowest BCUT2D eigenvalue weighted by molar-refractivity contribution is 0.660. The quantitative estimate of drug-likeness (QED) is 0.162. The third-order valence-electron chi connectivity index (χ3n) is 13.4. The zero-order valence-electron chi connectivity index (χ0n) is 33.6. The number of thiophene rings is 1. The van der Waals surface area contributed by atoms with Crippen molar-refractivity contribution in [2.24, 2.45) is 0 Å². The minimum Gasteiger partial charge on any atom is -0.310 e. The first kappa shape index (κ1) is 35.0. The van der Waals surface area contributed by atoms with E-state index in [0.29, 0.717) is 0 Å². The Hall–Kier alpha value is -7.00. The molecule has 0 aliphatic heterocycles. The van der Waals surface area contributed by atoms with Crippen LogP contribution in [0.25, 0.3) is 53.6 Å². The summed E-state index contributed by atoms with van der Waals surface area (Å²) in [4.78, 5) is 2.50. The van der Waals surface area contributed by atoms with Crippen LogP contribution < -0.4 is 4.90 Å². The van der Waals surface area contributed by atoms with Gasteiger partial charge in [0.2, 0.25) is 0 Å². The van der Waals surface area contributed by atoms with Crippen LogP contribution in [0.1, 0.15) is 47.2 Å². The number of fused-ring (bicyclic) bond motifs is 9. The Kier molecular flexibility index (Phi) is 7.73. The van der Waals surface area contributed by atoms with E-state index in [0.717, 1.165) is 11.4 Å². The molecule has 60 heavy (non-hydrogen) atoms. The number of hydrogen-bond acceptors (Lipinski definition) is 2. The normalized spacial score (nSPS) is 14.1. The first-order valence-corrected chi connectivity index (χ1v) is 21.7. The Morgan fingerprint density at radius 3 is 1.65 bits per heavy atom. The molecule has 0 saturated carbocycles. The molecule has 1 heterocycles. The van der Waals surface area contributed by atoms with Crippen LogP contribution in [0, 0.1) is 0 Å².